The predicted octanol–water partition coefficient (Wildman–Crippen LogP) is 2.39. The number of piperidine rings is 1. The summed E-state index contributed by atoms with van der Waals surface area (Å²) in [5, 5.41) is 0. The van der Waals surface area contributed by atoms with Crippen LogP contribution in [-0.4, -0.2) is 38.1 Å². The Balaban J connectivity index is 1.95. The molecule has 0 bridgehead atoms. The monoisotopic (exact) mass is 324 g/mol. The third-order valence-corrected chi connectivity index (χ3v) is 5.37. The fourth-order valence-electron chi connectivity index (χ4n) is 2.67. The number of hydrogen-bond donors (Lipinski definition) is 1. The van der Waals surface area contributed by atoms with E-state index in [-0.39, 0.29) is 11.7 Å². The Morgan fingerprint density at radius 2 is 1.77 bits per heavy atom. The van der Waals surface area contributed by atoms with Crippen LogP contribution in [0.3, 0.4) is 0 Å². The van der Waals surface area contributed by atoms with Crippen LogP contribution in [0, 0.1) is 12.8 Å². The molecule has 1 unspecified atom stereocenters. The fourth-order valence-corrected chi connectivity index (χ4v) is 4.05. The highest BCUT2D eigenvalue weighted by atomic mass is 32.2. The van der Waals surface area contributed by atoms with Gasteiger partial charge >= 0.3 is 0 Å². The maximum Gasteiger partial charge on any atom is 0.233 e. The zero-order valence-corrected chi connectivity index (χ0v) is 14.0. The first-order chi connectivity index (χ1) is 10.4. The van der Waals surface area contributed by atoms with E-state index in [0.29, 0.717) is 5.69 Å². The molecule has 1 aromatic carbocycles. The van der Waals surface area contributed by atoms with Gasteiger partial charge in [0.1, 0.15) is 0 Å². The van der Waals surface area contributed by atoms with E-state index in [2.05, 4.69) is 4.72 Å². The molecule has 1 atom stereocenters. The summed E-state index contributed by atoms with van der Waals surface area (Å²) in [6, 6.07) is 7.15. The van der Waals surface area contributed by atoms with Crippen molar-refractivity contribution in [1.82, 2.24) is 4.90 Å². The molecular weight excluding hydrogens is 300 g/mol. The number of likely N-dealkylation sites (tertiary alicyclic amines) is 1. The number of benzene rings is 1. The predicted molar refractivity (Wildman–Crippen MR) is 88.2 cm³/mol. The molecule has 6 heteroatoms. The normalized spacial score (nSPS) is 17.1. The van der Waals surface area contributed by atoms with Crippen molar-refractivity contribution >= 4 is 21.6 Å². The highest BCUT2D eigenvalue weighted by Gasteiger charge is 2.26. The molecule has 0 aromatic heterocycles. The first-order valence-electron chi connectivity index (χ1n) is 7.73. The minimum absolute atomic E-state index is 0.0611. The number of nitrogens with one attached hydrogen (secondary N) is 1. The van der Waals surface area contributed by atoms with Crippen molar-refractivity contribution in [2.24, 2.45) is 5.92 Å². The van der Waals surface area contributed by atoms with Gasteiger partial charge in [-0.05, 0) is 38.3 Å². The lowest BCUT2D eigenvalue weighted by Crippen LogP contribution is -2.41. The van der Waals surface area contributed by atoms with Crippen LogP contribution in [-0.2, 0) is 14.8 Å². The highest BCUT2D eigenvalue weighted by molar-refractivity contribution is 7.92. The second-order valence-electron chi connectivity index (χ2n) is 6.04. The summed E-state index contributed by atoms with van der Waals surface area (Å²) >= 11 is 0. The summed E-state index contributed by atoms with van der Waals surface area (Å²) in [6.45, 7) is 5.12. The smallest absolute Gasteiger partial charge is 0.233 e. The summed E-state index contributed by atoms with van der Waals surface area (Å²) in [7, 11) is -3.53. The van der Waals surface area contributed by atoms with E-state index in [1.54, 1.807) is 24.0 Å². The fraction of sp³-hybridized carbons (Fsp3) is 0.562. The lowest BCUT2D eigenvalue weighted by molar-refractivity contribution is -0.135. The van der Waals surface area contributed by atoms with E-state index in [9.17, 15) is 13.2 Å². The van der Waals surface area contributed by atoms with Gasteiger partial charge in [0.05, 0.1) is 11.7 Å². The molecule has 1 aliphatic heterocycles. The Labute approximate surface area is 132 Å². The molecular formula is C16H24N2O3S. The molecule has 2 rings (SSSR count). The van der Waals surface area contributed by atoms with Crippen molar-refractivity contribution in [3.8, 4) is 0 Å². The molecule has 122 valence electrons. The van der Waals surface area contributed by atoms with Crippen molar-refractivity contribution in [1.29, 1.82) is 0 Å². The Morgan fingerprint density at radius 3 is 2.36 bits per heavy atom. The standard InChI is InChI=1S/C16H24N2O3S/c1-13-6-8-15(9-7-13)17-22(20,21)12-14(2)16(19)18-10-4-3-5-11-18/h6-9,14,17H,3-5,10-12H2,1-2H3. The molecule has 0 aliphatic carbocycles. The van der Waals surface area contributed by atoms with Gasteiger partial charge in [-0.15, -0.1) is 0 Å². The first kappa shape index (κ1) is 16.8. The number of amides is 1. The Morgan fingerprint density at radius 1 is 1.18 bits per heavy atom. The van der Waals surface area contributed by atoms with Gasteiger partial charge in [0.2, 0.25) is 15.9 Å². The molecule has 1 amide bonds. The third-order valence-electron chi connectivity index (χ3n) is 3.88. The van der Waals surface area contributed by atoms with E-state index in [0.717, 1.165) is 37.9 Å². The van der Waals surface area contributed by atoms with Gasteiger partial charge in [-0.2, -0.15) is 0 Å². The van der Waals surface area contributed by atoms with E-state index in [1.807, 2.05) is 19.1 Å². The molecule has 0 spiro atoms. The quantitative estimate of drug-likeness (QED) is 0.904. The average Bonchev–Trinajstić information content (AvgIpc) is 2.49. The second kappa shape index (κ2) is 7.13. The minimum Gasteiger partial charge on any atom is -0.342 e. The number of sulfonamides is 1. The van der Waals surface area contributed by atoms with Gasteiger partial charge in [-0.1, -0.05) is 24.6 Å². The molecule has 1 saturated heterocycles. The van der Waals surface area contributed by atoms with Gasteiger partial charge in [0.15, 0.2) is 0 Å². The summed E-state index contributed by atoms with van der Waals surface area (Å²) in [6.07, 6.45) is 3.16. The van der Waals surface area contributed by atoms with Crippen LogP contribution >= 0.6 is 0 Å². The maximum absolute atomic E-state index is 12.3. The third kappa shape index (κ3) is 4.73. The summed E-state index contributed by atoms with van der Waals surface area (Å²) in [4.78, 5) is 14.1. The molecule has 5 nitrogen and oxygen atoms in total. The van der Waals surface area contributed by atoms with Crippen molar-refractivity contribution < 1.29 is 13.2 Å². The number of carbonyl (C=O) groups is 1. The van der Waals surface area contributed by atoms with Crippen molar-refractivity contribution in [3.05, 3.63) is 29.8 Å². The summed E-state index contributed by atoms with van der Waals surface area (Å²) in [5.41, 5.74) is 1.60. The van der Waals surface area contributed by atoms with Gasteiger partial charge in [-0.3, -0.25) is 9.52 Å². The molecule has 1 aromatic rings. The lowest BCUT2D eigenvalue weighted by Gasteiger charge is -2.29. The lowest BCUT2D eigenvalue weighted by atomic mass is 10.1. The first-order valence-corrected chi connectivity index (χ1v) is 9.38. The van der Waals surface area contributed by atoms with Crippen LogP contribution in [0.15, 0.2) is 24.3 Å². The molecule has 0 radical (unpaired) electrons. The number of nitrogens with zero attached hydrogens (tertiary/aromatic N) is 1. The van der Waals surface area contributed by atoms with E-state index < -0.39 is 15.9 Å². The zero-order valence-electron chi connectivity index (χ0n) is 13.2. The average molecular weight is 324 g/mol. The second-order valence-corrected chi connectivity index (χ2v) is 7.80. The van der Waals surface area contributed by atoms with Crippen molar-refractivity contribution in [2.45, 2.75) is 33.1 Å². The molecule has 1 fully saturated rings. The van der Waals surface area contributed by atoms with Gasteiger partial charge in [0, 0.05) is 18.8 Å². The van der Waals surface area contributed by atoms with Crippen LogP contribution < -0.4 is 4.72 Å². The van der Waals surface area contributed by atoms with E-state index >= 15 is 0 Å². The Bertz CT molecular complexity index is 605. The van der Waals surface area contributed by atoms with Crippen LogP contribution in [0.1, 0.15) is 31.7 Å². The summed E-state index contributed by atoms with van der Waals surface area (Å²) in [5.74, 6) is -0.772. The van der Waals surface area contributed by atoms with Gasteiger partial charge in [-0.25, -0.2) is 8.42 Å². The van der Waals surface area contributed by atoms with Crippen molar-refractivity contribution in [3.63, 3.8) is 0 Å². The number of anilines is 1. The maximum atomic E-state index is 12.3. The number of aryl methyl sites for hydroxylation is 1. The minimum atomic E-state index is -3.53. The van der Waals surface area contributed by atoms with E-state index in [4.69, 9.17) is 0 Å². The molecule has 22 heavy (non-hydrogen) atoms. The molecule has 1 N–H and O–H groups in total. The van der Waals surface area contributed by atoms with Crippen LogP contribution in [0.5, 0.6) is 0 Å². The Hall–Kier alpha value is -1.56. The Kier molecular flexibility index (Phi) is 5.45. The molecule has 1 aliphatic rings. The SMILES string of the molecule is Cc1ccc(NS(=O)(=O)CC(C)C(=O)N2CCCCC2)cc1. The topological polar surface area (TPSA) is 66.5 Å². The van der Waals surface area contributed by atoms with Crippen molar-refractivity contribution in [2.75, 3.05) is 23.6 Å². The summed E-state index contributed by atoms with van der Waals surface area (Å²) < 4.78 is 26.9. The van der Waals surface area contributed by atoms with Gasteiger partial charge < -0.3 is 4.90 Å². The van der Waals surface area contributed by atoms with Gasteiger partial charge in [0.25, 0.3) is 0 Å². The number of rotatable bonds is 5. The van der Waals surface area contributed by atoms with Crippen LogP contribution in [0.25, 0.3) is 0 Å². The van der Waals surface area contributed by atoms with Crippen LogP contribution in [0.2, 0.25) is 0 Å². The largest absolute Gasteiger partial charge is 0.342 e. The number of carbonyl (C=O) groups excluding carboxylic acids is 1. The number of hydrogen-bond acceptors (Lipinski definition) is 3. The molecule has 0 saturated carbocycles. The van der Waals surface area contributed by atoms with E-state index in [1.165, 1.54) is 0 Å². The molecule has 1 heterocycles. The van der Waals surface area contributed by atoms with Crippen LogP contribution in [0.4, 0.5) is 5.69 Å². The zero-order chi connectivity index (χ0) is 16.2. The highest BCUT2D eigenvalue weighted by Crippen LogP contribution is 2.16.